The summed E-state index contributed by atoms with van der Waals surface area (Å²) in [7, 11) is 1.88. The van der Waals surface area contributed by atoms with Crippen molar-refractivity contribution in [2.24, 2.45) is 5.41 Å². The van der Waals surface area contributed by atoms with Gasteiger partial charge in [0.05, 0.1) is 6.04 Å². The lowest BCUT2D eigenvalue weighted by molar-refractivity contribution is -0.149. The highest BCUT2D eigenvalue weighted by Crippen LogP contribution is 2.69. The lowest BCUT2D eigenvalue weighted by Gasteiger charge is -2.66. The maximum Gasteiger partial charge on any atom is 0.298 e. The number of amides is 1. The Morgan fingerprint density at radius 1 is 1.10 bits per heavy atom. The fourth-order valence-electron chi connectivity index (χ4n) is 8.82. The number of nitrogens with zero attached hydrogens (tertiary/aromatic N) is 2. The summed E-state index contributed by atoms with van der Waals surface area (Å²) in [5.74, 6) is 6.70. The molecular weight excluding hydrogens is 520 g/mol. The van der Waals surface area contributed by atoms with E-state index in [0.717, 1.165) is 50.8 Å². The Bertz CT molecular complexity index is 1620. The fraction of sp³-hybridized carbons (Fsp3) is 0.432. The van der Waals surface area contributed by atoms with E-state index in [1.54, 1.807) is 6.07 Å². The van der Waals surface area contributed by atoms with Crippen LogP contribution in [0.3, 0.4) is 0 Å². The van der Waals surface area contributed by atoms with Crippen LogP contribution in [0, 0.1) is 31.1 Å². The van der Waals surface area contributed by atoms with Crippen molar-refractivity contribution in [3.05, 3.63) is 94.0 Å². The second-order valence-corrected chi connectivity index (χ2v) is 13.2. The summed E-state index contributed by atoms with van der Waals surface area (Å²) in [5.41, 5.74) is 6.84. The predicted octanol–water partition coefficient (Wildman–Crippen LogP) is 5.56. The molecule has 216 valence electrons. The van der Waals surface area contributed by atoms with E-state index in [4.69, 9.17) is 4.74 Å². The number of phenolic OH excluding ortho intramolecular Hbond substituents is 1. The summed E-state index contributed by atoms with van der Waals surface area (Å²) in [5, 5.41) is 11.0. The van der Waals surface area contributed by atoms with Crippen LogP contribution in [0.5, 0.6) is 11.5 Å². The highest BCUT2D eigenvalue weighted by molar-refractivity contribution is 5.94. The molecule has 0 aromatic heterocycles. The molecule has 5 nitrogen and oxygen atoms in total. The van der Waals surface area contributed by atoms with Crippen LogP contribution in [-0.4, -0.2) is 59.1 Å². The van der Waals surface area contributed by atoms with Gasteiger partial charge in [-0.25, -0.2) is 0 Å². The van der Waals surface area contributed by atoms with Gasteiger partial charge in [0.2, 0.25) is 0 Å². The van der Waals surface area contributed by atoms with Gasteiger partial charge in [-0.2, -0.15) is 0 Å². The number of likely N-dealkylation sites (tertiary alicyclic amines) is 1. The third-order valence-corrected chi connectivity index (χ3v) is 11.3. The lowest BCUT2D eigenvalue weighted by Crippen LogP contribution is -2.73. The lowest BCUT2D eigenvalue weighted by atomic mass is 9.43. The van der Waals surface area contributed by atoms with Crippen LogP contribution in [0.2, 0.25) is 0 Å². The molecule has 2 heterocycles. The van der Waals surface area contributed by atoms with Gasteiger partial charge < -0.3 is 14.7 Å². The Hall–Kier alpha value is -3.75. The van der Waals surface area contributed by atoms with Crippen molar-refractivity contribution in [3.63, 3.8) is 0 Å². The van der Waals surface area contributed by atoms with Gasteiger partial charge in [0.15, 0.2) is 11.5 Å². The van der Waals surface area contributed by atoms with E-state index in [2.05, 4.69) is 73.9 Å². The number of rotatable bonds is 4. The fourth-order valence-corrected chi connectivity index (χ4v) is 8.82. The van der Waals surface area contributed by atoms with Crippen LogP contribution in [0.15, 0.2) is 60.7 Å². The van der Waals surface area contributed by atoms with Gasteiger partial charge in [0.25, 0.3) is 5.91 Å². The van der Waals surface area contributed by atoms with Gasteiger partial charge in [-0.15, -0.1) is 0 Å². The summed E-state index contributed by atoms with van der Waals surface area (Å²) in [4.78, 5) is 18.1. The molecule has 1 saturated heterocycles. The molecule has 2 fully saturated rings. The highest BCUT2D eigenvalue weighted by atomic mass is 16.5. The number of ether oxygens (including phenoxy) is 1. The first-order valence-electron chi connectivity index (χ1n) is 15.4. The largest absolute Gasteiger partial charge is 0.504 e. The molecule has 7 rings (SSSR count). The van der Waals surface area contributed by atoms with Crippen LogP contribution >= 0.6 is 0 Å². The molecule has 0 unspecified atom stereocenters. The number of aryl methyl sites for hydroxylation is 2. The summed E-state index contributed by atoms with van der Waals surface area (Å²) >= 11 is 0. The molecule has 2 aliphatic carbocycles. The Labute approximate surface area is 249 Å². The number of carbonyl (C=O) groups excluding carboxylic acids is 1. The minimum Gasteiger partial charge on any atom is -0.504 e. The molecular formula is C37H40N2O3. The SMILES string of the molecule is Cc1ccc(C#CC(=O)N(C)[C@H]2CC[C@@]3(C)[C@H]4Cc5ccc(O)c6c5[C@@]3(CCN4CCc3ccccc3)[C@H]2O6)cc1C. The number of piperidine rings is 1. The molecule has 2 aliphatic heterocycles. The van der Waals surface area contributed by atoms with Gasteiger partial charge in [0, 0.05) is 42.1 Å². The van der Waals surface area contributed by atoms with Crippen molar-refractivity contribution >= 4 is 5.91 Å². The first-order chi connectivity index (χ1) is 20.2. The first kappa shape index (κ1) is 27.1. The number of phenols is 1. The second-order valence-electron chi connectivity index (χ2n) is 13.2. The van der Waals surface area contributed by atoms with E-state index in [1.807, 2.05) is 30.1 Å². The number of hydrogen-bond donors (Lipinski definition) is 1. The maximum atomic E-state index is 13.5. The molecule has 5 heteroatoms. The van der Waals surface area contributed by atoms with Crippen LogP contribution in [0.4, 0.5) is 0 Å². The molecule has 5 atom stereocenters. The summed E-state index contributed by atoms with van der Waals surface area (Å²) in [6, 6.07) is 21.0. The van der Waals surface area contributed by atoms with Crippen LogP contribution < -0.4 is 4.74 Å². The Morgan fingerprint density at radius 2 is 1.90 bits per heavy atom. The molecule has 2 bridgehead atoms. The monoisotopic (exact) mass is 560 g/mol. The summed E-state index contributed by atoms with van der Waals surface area (Å²) in [6.07, 6.45) is 4.59. The molecule has 1 amide bonds. The Balaban J connectivity index is 1.21. The molecule has 0 radical (unpaired) electrons. The van der Waals surface area contributed by atoms with Gasteiger partial charge >= 0.3 is 0 Å². The van der Waals surface area contributed by atoms with E-state index < -0.39 is 0 Å². The first-order valence-corrected chi connectivity index (χ1v) is 15.4. The molecule has 3 aromatic rings. The zero-order chi connectivity index (χ0) is 29.2. The topological polar surface area (TPSA) is 53.0 Å². The highest BCUT2D eigenvalue weighted by Gasteiger charge is 2.71. The van der Waals surface area contributed by atoms with Gasteiger partial charge in [-0.05, 0) is 98.4 Å². The van der Waals surface area contributed by atoms with E-state index in [0.29, 0.717) is 11.8 Å². The third-order valence-electron chi connectivity index (χ3n) is 11.3. The smallest absolute Gasteiger partial charge is 0.298 e. The number of benzene rings is 3. The van der Waals surface area contributed by atoms with E-state index >= 15 is 0 Å². The number of likely N-dealkylation sites (N-methyl/N-ethyl adjacent to an activating group) is 1. The average Bonchev–Trinajstić information content (AvgIpc) is 3.34. The van der Waals surface area contributed by atoms with Crippen molar-refractivity contribution in [1.29, 1.82) is 0 Å². The number of carbonyl (C=O) groups is 1. The average molecular weight is 561 g/mol. The molecule has 1 spiro atoms. The van der Waals surface area contributed by atoms with Gasteiger partial charge in [-0.1, -0.05) is 55.3 Å². The second kappa shape index (κ2) is 9.92. The molecule has 42 heavy (non-hydrogen) atoms. The zero-order valence-electron chi connectivity index (χ0n) is 25.1. The van der Waals surface area contributed by atoms with Crippen molar-refractivity contribution in [3.8, 4) is 23.3 Å². The number of hydrogen-bond acceptors (Lipinski definition) is 4. The van der Waals surface area contributed by atoms with Crippen molar-refractivity contribution in [2.45, 2.75) is 76.5 Å². The van der Waals surface area contributed by atoms with Crippen LogP contribution in [0.25, 0.3) is 0 Å². The van der Waals surface area contributed by atoms with Crippen molar-refractivity contribution in [1.82, 2.24) is 9.80 Å². The summed E-state index contributed by atoms with van der Waals surface area (Å²) < 4.78 is 6.80. The third kappa shape index (κ3) is 3.92. The minimum atomic E-state index is -0.248. The van der Waals surface area contributed by atoms with E-state index in [-0.39, 0.29) is 34.6 Å². The van der Waals surface area contributed by atoms with Gasteiger partial charge in [0.1, 0.15) is 6.10 Å². The summed E-state index contributed by atoms with van der Waals surface area (Å²) in [6.45, 7) is 8.62. The standard InChI is InChI=1S/C37H40N2O3/c1-24-10-11-27(22-25(24)2)12-15-32(41)38(4)29-16-18-36(3)31-23-28-13-14-30(40)34-33(28)37(36,35(29)42-34)19-21-39(31)20-17-26-8-6-5-7-9-26/h5-11,13-14,22,29,31,35,40H,16-21,23H2,1-4H3/t29-,31+,35-,36-,37-/m0/s1. The van der Waals surface area contributed by atoms with Crippen LogP contribution in [-0.2, 0) is 23.1 Å². The van der Waals surface area contributed by atoms with Crippen molar-refractivity contribution in [2.75, 3.05) is 20.1 Å². The van der Waals surface area contributed by atoms with Gasteiger partial charge in [-0.3, -0.25) is 9.69 Å². The zero-order valence-corrected chi connectivity index (χ0v) is 25.1. The number of aromatic hydroxyl groups is 1. The molecule has 3 aromatic carbocycles. The van der Waals surface area contributed by atoms with Crippen LogP contribution in [0.1, 0.15) is 59.6 Å². The Kier molecular flexibility index (Phi) is 6.40. The molecule has 1 saturated carbocycles. The van der Waals surface area contributed by atoms with Crippen molar-refractivity contribution < 1.29 is 14.6 Å². The maximum absolute atomic E-state index is 13.5. The Morgan fingerprint density at radius 3 is 2.69 bits per heavy atom. The minimum absolute atomic E-state index is 0.0237. The molecule has 1 N–H and O–H groups in total. The molecule has 4 aliphatic rings. The predicted molar refractivity (Wildman–Crippen MR) is 165 cm³/mol. The quantitative estimate of drug-likeness (QED) is 0.425. The van der Waals surface area contributed by atoms with E-state index in [9.17, 15) is 9.90 Å². The van der Waals surface area contributed by atoms with E-state index in [1.165, 1.54) is 27.8 Å². The normalized spacial score (nSPS) is 28.7.